The van der Waals surface area contributed by atoms with Gasteiger partial charge in [-0.1, -0.05) is 26.0 Å². The molecule has 0 amide bonds. The van der Waals surface area contributed by atoms with E-state index < -0.39 is 42.1 Å². The van der Waals surface area contributed by atoms with Gasteiger partial charge in [-0.25, -0.2) is 9.18 Å². The van der Waals surface area contributed by atoms with Crippen LogP contribution in [0.4, 0.5) is 22.4 Å². The van der Waals surface area contributed by atoms with Crippen molar-refractivity contribution >= 4 is 17.1 Å². The molecule has 0 saturated carbocycles. The molecule has 1 atom stereocenters. The highest BCUT2D eigenvalue weighted by molar-refractivity contribution is 5.78. The van der Waals surface area contributed by atoms with Crippen molar-refractivity contribution in [2.75, 3.05) is 0 Å². The van der Waals surface area contributed by atoms with Crippen LogP contribution < -0.4 is 10.2 Å². The molecule has 0 aliphatic heterocycles. The summed E-state index contributed by atoms with van der Waals surface area (Å²) in [4.78, 5) is 23.1. The average Bonchev–Trinajstić information content (AvgIpc) is 2.70. The van der Waals surface area contributed by atoms with Crippen LogP contribution >= 0.6 is 0 Å². The van der Waals surface area contributed by atoms with E-state index in [1.54, 1.807) is 12.1 Å². The van der Waals surface area contributed by atoms with Crippen LogP contribution in [-0.2, 0) is 12.0 Å². The van der Waals surface area contributed by atoms with Crippen LogP contribution in [0.3, 0.4) is 0 Å². The summed E-state index contributed by atoms with van der Waals surface area (Å²) in [5, 5.41) is 20.0. The zero-order valence-corrected chi connectivity index (χ0v) is 17.7. The largest absolute Gasteiger partial charge is 0.511 e. The summed E-state index contributed by atoms with van der Waals surface area (Å²) in [6, 6.07) is 9.96. The van der Waals surface area contributed by atoms with Gasteiger partial charge in [-0.2, -0.15) is 13.2 Å². The summed E-state index contributed by atoms with van der Waals surface area (Å²) in [6.45, 7) is 1.68. The van der Waals surface area contributed by atoms with Crippen LogP contribution in [-0.4, -0.2) is 32.7 Å². The number of ether oxygens (including phenoxy) is 1. The number of benzene rings is 2. The minimum atomic E-state index is -5.12. The minimum absolute atomic E-state index is 0.155. The summed E-state index contributed by atoms with van der Waals surface area (Å²) in [7, 11) is 0. The van der Waals surface area contributed by atoms with Crippen molar-refractivity contribution in [2.45, 2.75) is 44.0 Å². The van der Waals surface area contributed by atoms with Gasteiger partial charge in [0.15, 0.2) is 11.0 Å². The number of hydrogen-bond acceptors (Lipinski definition) is 4. The molecule has 3 rings (SSSR count). The number of halogens is 4. The molecular formula is C23H21F4NO5. The summed E-state index contributed by atoms with van der Waals surface area (Å²) in [6.07, 6.45) is -6.63. The number of carboxylic acid groups (broad SMARTS) is 1. The van der Waals surface area contributed by atoms with Gasteiger partial charge in [-0.05, 0) is 42.2 Å². The van der Waals surface area contributed by atoms with E-state index in [0.717, 1.165) is 35.0 Å². The molecule has 33 heavy (non-hydrogen) atoms. The highest BCUT2D eigenvalue weighted by Crippen LogP contribution is 2.44. The number of para-hydroxylation sites is 1. The van der Waals surface area contributed by atoms with Crippen LogP contribution in [0, 0.1) is 5.82 Å². The zero-order valence-electron chi connectivity index (χ0n) is 17.7. The maximum atomic E-state index is 14.2. The number of rotatable bonds is 6. The second-order valence-corrected chi connectivity index (χ2v) is 8.42. The number of aromatic nitrogens is 1. The molecule has 1 aromatic heterocycles. The smallest absolute Gasteiger partial charge is 0.449 e. The topological polar surface area (TPSA) is 88.8 Å². The van der Waals surface area contributed by atoms with Crippen LogP contribution in [0.1, 0.15) is 25.8 Å². The highest BCUT2D eigenvalue weighted by atomic mass is 19.4. The Labute approximate surface area is 185 Å². The molecule has 2 N–H and O–H groups in total. The molecule has 0 spiro atoms. The lowest BCUT2D eigenvalue weighted by molar-refractivity contribution is -0.271. The normalized spacial score (nSPS) is 14.2. The van der Waals surface area contributed by atoms with Crippen molar-refractivity contribution in [3.05, 3.63) is 76.3 Å². The third-order valence-electron chi connectivity index (χ3n) is 5.45. The van der Waals surface area contributed by atoms with Crippen molar-refractivity contribution in [1.29, 1.82) is 0 Å². The molecule has 0 aliphatic carbocycles. The van der Waals surface area contributed by atoms with E-state index in [1.807, 2.05) is 0 Å². The Balaban J connectivity index is 2.08. The fourth-order valence-electron chi connectivity index (χ4n) is 3.97. The number of fused-ring (bicyclic) bond motifs is 1. The van der Waals surface area contributed by atoms with E-state index in [1.165, 1.54) is 26.0 Å². The fourth-order valence-corrected chi connectivity index (χ4v) is 3.97. The van der Waals surface area contributed by atoms with Crippen molar-refractivity contribution in [3.63, 3.8) is 0 Å². The second-order valence-electron chi connectivity index (χ2n) is 8.42. The molecule has 176 valence electrons. The van der Waals surface area contributed by atoms with Gasteiger partial charge in [0, 0.05) is 23.2 Å². The van der Waals surface area contributed by atoms with Gasteiger partial charge < -0.3 is 19.5 Å². The van der Waals surface area contributed by atoms with Gasteiger partial charge >= 0.3 is 12.3 Å². The molecule has 1 unspecified atom stereocenters. The molecule has 3 aromatic rings. The Hall–Kier alpha value is -3.40. The number of alkyl halides is 3. The van der Waals surface area contributed by atoms with Crippen LogP contribution in [0.25, 0.3) is 10.9 Å². The second kappa shape index (κ2) is 8.51. The first-order valence-electron chi connectivity index (χ1n) is 9.82. The summed E-state index contributed by atoms with van der Waals surface area (Å²) >= 11 is 0. The fraction of sp³-hybridized carbons (Fsp3) is 0.304. The van der Waals surface area contributed by atoms with Crippen molar-refractivity contribution < 1.29 is 37.3 Å². The van der Waals surface area contributed by atoms with Crippen LogP contribution in [0.5, 0.6) is 5.75 Å². The lowest BCUT2D eigenvalue weighted by Crippen LogP contribution is -2.52. The van der Waals surface area contributed by atoms with Gasteiger partial charge in [0.25, 0.3) is 0 Å². The molecule has 0 radical (unpaired) electrons. The van der Waals surface area contributed by atoms with Gasteiger partial charge in [0.1, 0.15) is 11.6 Å². The van der Waals surface area contributed by atoms with E-state index in [2.05, 4.69) is 4.74 Å². The quantitative estimate of drug-likeness (QED) is 0.307. The van der Waals surface area contributed by atoms with Gasteiger partial charge in [-0.15, -0.1) is 0 Å². The molecule has 0 bridgehead atoms. The molecule has 0 fully saturated rings. The Kier molecular flexibility index (Phi) is 6.25. The number of pyridine rings is 1. The third kappa shape index (κ3) is 5.00. The summed E-state index contributed by atoms with van der Waals surface area (Å²) in [5.41, 5.74) is -5.23. The standard InChI is InChI=1S/C23H21F4NO5/c1-21(2,16-11-14(24)7-8-19(16)33-20(30)31)12-22(32,23(25,26)27)13-28-10-9-18(29)15-5-3-4-6-17(15)28/h3-11,32H,12-13H2,1-2H3,(H,30,31). The average molecular weight is 467 g/mol. The van der Waals surface area contributed by atoms with Gasteiger partial charge in [-0.3, -0.25) is 4.79 Å². The van der Waals surface area contributed by atoms with Crippen molar-refractivity contribution in [3.8, 4) is 5.75 Å². The van der Waals surface area contributed by atoms with E-state index in [-0.39, 0.29) is 27.6 Å². The number of carbonyl (C=O) groups is 1. The van der Waals surface area contributed by atoms with E-state index in [4.69, 9.17) is 5.11 Å². The number of hydrogen-bond donors (Lipinski definition) is 2. The first kappa shape index (κ1) is 24.2. The number of nitrogens with zero attached hydrogens (tertiary/aromatic N) is 1. The van der Waals surface area contributed by atoms with E-state index in [0.29, 0.717) is 0 Å². The highest BCUT2D eigenvalue weighted by Gasteiger charge is 2.56. The van der Waals surface area contributed by atoms with E-state index in [9.17, 15) is 32.3 Å². The van der Waals surface area contributed by atoms with Gasteiger partial charge in [0.05, 0.1) is 12.1 Å². The van der Waals surface area contributed by atoms with Crippen LogP contribution in [0.15, 0.2) is 59.5 Å². The SMILES string of the molecule is CC(C)(CC(O)(Cn1ccc(=O)c2ccccc21)C(F)(F)F)c1cc(F)ccc1OC(=O)O. The first-order chi connectivity index (χ1) is 15.2. The maximum absolute atomic E-state index is 14.2. The lowest BCUT2D eigenvalue weighted by atomic mass is 9.74. The lowest BCUT2D eigenvalue weighted by Gasteiger charge is -2.39. The van der Waals surface area contributed by atoms with Crippen molar-refractivity contribution in [2.24, 2.45) is 0 Å². The minimum Gasteiger partial charge on any atom is -0.449 e. The third-order valence-corrected chi connectivity index (χ3v) is 5.45. The number of aliphatic hydroxyl groups is 1. The Morgan fingerprint density at radius 2 is 1.76 bits per heavy atom. The van der Waals surface area contributed by atoms with E-state index >= 15 is 0 Å². The zero-order chi connectivity index (χ0) is 24.6. The molecule has 0 saturated heterocycles. The molecule has 0 aliphatic rings. The molecule has 6 nitrogen and oxygen atoms in total. The molecule has 2 aromatic carbocycles. The molecule has 10 heteroatoms. The van der Waals surface area contributed by atoms with Crippen LogP contribution in [0.2, 0.25) is 0 Å². The van der Waals surface area contributed by atoms with Gasteiger partial charge in [0.2, 0.25) is 0 Å². The molecule has 1 heterocycles. The maximum Gasteiger partial charge on any atom is 0.511 e. The Morgan fingerprint density at radius 3 is 2.39 bits per heavy atom. The Bertz CT molecular complexity index is 1250. The predicted molar refractivity (Wildman–Crippen MR) is 112 cm³/mol. The molecular weight excluding hydrogens is 446 g/mol. The Morgan fingerprint density at radius 1 is 1.09 bits per heavy atom. The summed E-state index contributed by atoms with van der Waals surface area (Å²) < 4.78 is 62.2. The predicted octanol–water partition coefficient (Wildman–Crippen LogP) is 4.86. The van der Waals surface area contributed by atoms with Crippen molar-refractivity contribution in [1.82, 2.24) is 4.57 Å². The monoisotopic (exact) mass is 467 g/mol. The summed E-state index contributed by atoms with van der Waals surface area (Å²) in [5.74, 6) is -1.15. The first-order valence-corrected chi connectivity index (χ1v) is 9.82.